The molecule has 0 saturated heterocycles. The summed E-state index contributed by atoms with van der Waals surface area (Å²) in [6.07, 6.45) is 2.98. The highest BCUT2D eigenvalue weighted by Crippen LogP contribution is 2.29. The van der Waals surface area contributed by atoms with Crippen molar-refractivity contribution in [1.82, 2.24) is 0 Å². The third-order valence-corrected chi connectivity index (χ3v) is 3.55. The van der Waals surface area contributed by atoms with Gasteiger partial charge in [0.1, 0.15) is 11.5 Å². The quantitative estimate of drug-likeness (QED) is 0.584. The molecule has 0 fully saturated rings. The molecule has 0 radical (unpaired) electrons. The molecular weight excluding hydrogens is 322 g/mol. The molecule has 0 aliphatic heterocycles. The molecule has 0 aliphatic rings. The van der Waals surface area contributed by atoms with E-state index in [0.29, 0.717) is 34.2 Å². The van der Waals surface area contributed by atoms with Crippen LogP contribution in [-0.2, 0) is 0 Å². The smallest absolute Gasteiger partial charge is 0.187 e. The highest BCUT2D eigenvalue weighted by Gasteiger charge is 2.09. The lowest BCUT2D eigenvalue weighted by Gasteiger charge is -2.10. The van der Waals surface area contributed by atoms with Crippen molar-refractivity contribution < 1.29 is 23.7 Å². The number of ketones is 1. The minimum absolute atomic E-state index is 0.171. The van der Waals surface area contributed by atoms with Crippen LogP contribution >= 0.6 is 0 Å². The molecule has 1 N–H and O–H groups in total. The topological polar surface area (TPSA) is 66.0 Å². The highest BCUT2D eigenvalue weighted by atomic mass is 16.5. The van der Waals surface area contributed by atoms with Crippen molar-refractivity contribution in [1.29, 1.82) is 0 Å². The van der Waals surface area contributed by atoms with E-state index >= 15 is 0 Å². The first kappa shape index (κ1) is 18.2. The molecule has 0 amide bonds. The number of carbonyl (C=O) groups excluding carboxylic acids is 1. The van der Waals surface area contributed by atoms with Gasteiger partial charge < -0.3 is 24.3 Å². The van der Waals surface area contributed by atoms with Gasteiger partial charge in [0.05, 0.1) is 34.1 Å². The molecule has 132 valence electrons. The summed E-state index contributed by atoms with van der Waals surface area (Å²) in [6, 6.07) is 10.4. The Balaban J connectivity index is 2.13. The Morgan fingerprint density at radius 3 is 2.16 bits per heavy atom. The number of benzene rings is 2. The molecule has 25 heavy (non-hydrogen) atoms. The number of carbonyl (C=O) groups is 1. The SMILES string of the molecule is COc1ccc(OC)c(N/C=C/C(=O)c2ccc(OC)c(OC)c2)c1. The van der Waals surface area contributed by atoms with Crippen LogP contribution in [0.25, 0.3) is 0 Å². The fourth-order valence-corrected chi connectivity index (χ4v) is 2.22. The van der Waals surface area contributed by atoms with E-state index in [9.17, 15) is 4.79 Å². The van der Waals surface area contributed by atoms with E-state index in [1.165, 1.54) is 13.2 Å². The summed E-state index contributed by atoms with van der Waals surface area (Å²) in [5.41, 5.74) is 1.19. The van der Waals surface area contributed by atoms with Gasteiger partial charge in [0.15, 0.2) is 17.3 Å². The van der Waals surface area contributed by atoms with Crippen molar-refractivity contribution >= 4 is 11.5 Å². The number of methoxy groups -OCH3 is 4. The van der Waals surface area contributed by atoms with Gasteiger partial charge in [-0.3, -0.25) is 4.79 Å². The Morgan fingerprint density at radius 1 is 0.840 bits per heavy atom. The number of nitrogens with one attached hydrogen (secondary N) is 1. The summed E-state index contributed by atoms with van der Waals surface area (Å²) in [4.78, 5) is 12.3. The summed E-state index contributed by atoms with van der Waals surface area (Å²) in [7, 11) is 6.23. The largest absolute Gasteiger partial charge is 0.497 e. The Labute approximate surface area is 147 Å². The van der Waals surface area contributed by atoms with Crippen LogP contribution in [0.4, 0.5) is 5.69 Å². The molecular formula is C19H21NO5. The zero-order valence-electron chi connectivity index (χ0n) is 14.7. The average Bonchev–Trinajstić information content (AvgIpc) is 2.67. The predicted octanol–water partition coefficient (Wildman–Crippen LogP) is 3.53. The second-order valence-electron chi connectivity index (χ2n) is 4.98. The van der Waals surface area contributed by atoms with E-state index in [1.54, 1.807) is 63.9 Å². The van der Waals surface area contributed by atoms with Gasteiger partial charge in [-0.1, -0.05) is 0 Å². The van der Waals surface area contributed by atoms with Crippen LogP contribution in [0.15, 0.2) is 48.7 Å². The number of hydrogen-bond acceptors (Lipinski definition) is 6. The van der Waals surface area contributed by atoms with Crippen LogP contribution in [0.3, 0.4) is 0 Å². The lowest BCUT2D eigenvalue weighted by atomic mass is 10.1. The van der Waals surface area contributed by atoms with Gasteiger partial charge >= 0.3 is 0 Å². The summed E-state index contributed by atoms with van der Waals surface area (Å²) in [5.74, 6) is 2.23. The van der Waals surface area contributed by atoms with Crippen molar-refractivity contribution in [2.24, 2.45) is 0 Å². The predicted molar refractivity (Wildman–Crippen MR) is 96.2 cm³/mol. The first-order chi connectivity index (χ1) is 12.1. The first-order valence-electron chi connectivity index (χ1n) is 7.54. The minimum Gasteiger partial charge on any atom is -0.497 e. The number of allylic oxidation sites excluding steroid dienone is 1. The lowest BCUT2D eigenvalue weighted by Crippen LogP contribution is -1.99. The van der Waals surface area contributed by atoms with E-state index in [4.69, 9.17) is 18.9 Å². The molecule has 0 aliphatic carbocycles. The van der Waals surface area contributed by atoms with Gasteiger partial charge in [0, 0.05) is 23.9 Å². The monoisotopic (exact) mass is 343 g/mol. The van der Waals surface area contributed by atoms with Gasteiger partial charge in [-0.05, 0) is 30.3 Å². The van der Waals surface area contributed by atoms with Crippen molar-refractivity contribution in [3.8, 4) is 23.0 Å². The first-order valence-corrected chi connectivity index (χ1v) is 7.54. The van der Waals surface area contributed by atoms with Crippen LogP contribution < -0.4 is 24.3 Å². The van der Waals surface area contributed by atoms with Crippen LogP contribution in [-0.4, -0.2) is 34.2 Å². The van der Waals surface area contributed by atoms with Crippen molar-refractivity contribution in [2.75, 3.05) is 33.8 Å². The Morgan fingerprint density at radius 2 is 1.52 bits per heavy atom. The molecule has 0 bridgehead atoms. The van der Waals surface area contributed by atoms with Crippen LogP contribution in [0.1, 0.15) is 10.4 Å². The Hall–Kier alpha value is -3.15. The van der Waals surface area contributed by atoms with Crippen molar-refractivity contribution in [3.05, 3.63) is 54.2 Å². The fourth-order valence-electron chi connectivity index (χ4n) is 2.22. The third kappa shape index (κ3) is 4.44. The van der Waals surface area contributed by atoms with Gasteiger partial charge in [-0.15, -0.1) is 0 Å². The zero-order chi connectivity index (χ0) is 18.2. The molecule has 2 rings (SSSR count). The zero-order valence-corrected chi connectivity index (χ0v) is 14.7. The average molecular weight is 343 g/mol. The maximum absolute atomic E-state index is 12.3. The van der Waals surface area contributed by atoms with E-state index in [2.05, 4.69) is 5.32 Å². The van der Waals surface area contributed by atoms with Gasteiger partial charge in [-0.2, -0.15) is 0 Å². The van der Waals surface area contributed by atoms with E-state index in [1.807, 2.05) is 0 Å². The second-order valence-corrected chi connectivity index (χ2v) is 4.98. The maximum Gasteiger partial charge on any atom is 0.187 e. The number of ether oxygens (including phenoxy) is 4. The fraction of sp³-hybridized carbons (Fsp3) is 0.211. The van der Waals surface area contributed by atoms with Gasteiger partial charge in [0.25, 0.3) is 0 Å². The molecule has 0 saturated carbocycles. The van der Waals surface area contributed by atoms with Crippen molar-refractivity contribution in [3.63, 3.8) is 0 Å². The summed E-state index contributed by atoms with van der Waals surface area (Å²) >= 11 is 0. The maximum atomic E-state index is 12.3. The molecule has 0 unspecified atom stereocenters. The second kappa shape index (κ2) is 8.63. The molecule has 2 aromatic rings. The summed E-state index contributed by atoms with van der Waals surface area (Å²) in [6.45, 7) is 0. The molecule has 0 aromatic heterocycles. The van der Waals surface area contributed by atoms with E-state index in [0.717, 1.165) is 0 Å². The number of anilines is 1. The Kier molecular flexibility index (Phi) is 6.28. The standard InChI is InChI=1S/C19H21NO5/c1-22-14-6-8-17(23-2)15(12-14)20-10-9-16(21)13-5-7-18(24-3)19(11-13)25-4/h5-12,20H,1-4H3/b10-9+. The minimum atomic E-state index is -0.171. The highest BCUT2D eigenvalue weighted by molar-refractivity contribution is 6.05. The van der Waals surface area contributed by atoms with Crippen LogP contribution in [0.5, 0.6) is 23.0 Å². The normalized spacial score (nSPS) is 10.4. The van der Waals surface area contributed by atoms with E-state index < -0.39 is 0 Å². The Bertz CT molecular complexity index is 770. The van der Waals surface area contributed by atoms with Gasteiger partial charge in [0.2, 0.25) is 0 Å². The molecule has 0 spiro atoms. The summed E-state index contributed by atoms with van der Waals surface area (Å²) in [5, 5.41) is 3.03. The number of rotatable bonds is 8. The van der Waals surface area contributed by atoms with Gasteiger partial charge in [-0.25, -0.2) is 0 Å². The molecule has 6 nitrogen and oxygen atoms in total. The number of hydrogen-bond donors (Lipinski definition) is 1. The molecule has 6 heteroatoms. The third-order valence-electron chi connectivity index (χ3n) is 3.55. The van der Waals surface area contributed by atoms with Crippen LogP contribution in [0.2, 0.25) is 0 Å². The van der Waals surface area contributed by atoms with Crippen LogP contribution in [0, 0.1) is 0 Å². The molecule has 0 heterocycles. The lowest BCUT2D eigenvalue weighted by molar-refractivity contribution is 0.104. The molecule has 0 atom stereocenters. The van der Waals surface area contributed by atoms with E-state index in [-0.39, 0.29) is 5.78 Å². The summed E-state index contributed by atoms with van der Waals surface area (Å²) < 4.78 is 20.8. The van der Waals surface area contributed by atoms with Crippen molar-refractivity contribution in [2.45, 2.75) is 0 Å². The molecule has 2 aromatic carbocycles.